The Morgan fingerprint density at radius 1 is 1.08 bits per heavy atom. The first kappa shape index (κ1) is 38.6. The fraction of sp³-hybridized carbons (Fsp3) is 0.643. The second-order valence-electron chi connectivity index (χ2n) is 16.8. The average Bonchev–Trinajstić information content (AvgIpc) is 3.26. The van der Waals surface area contributed by atoms with Crippen molar-refractivity contribution in [2.45, 2.75) is 95.5 Å². The van der Waals surface area contributed by atoms with Crippen molar-refractivity contribution in [2.24, 2.45) is 17.8 Å². The number of benzene rings is 2. The van der Waals surface area contributed by atoms with E-state index in [0.717, 1.165) is 94.4 Å². The minimum atomic E-state index is -3.95. The summed E-state index contributed by atoms with van der Waals surface area (Å²) in [6.07, 6.45) is 10.2. The Balaban J connectivity index is 1.30. The van der Waals surface area contributed by atoms with E-state index in [-0.39, 0.29) is 17.3 Å². The number of nitrogens with one attached hydrogen (secondary N) is 1. The summed E-state index contributed by atoms with van der Waals surface area (Å²) in [5.41, 5.74) is 2.95. The van der Waals surface area contributed by atoms with Crippen LogP contribution >= 0.6 is 11.6 Å². The van der Waals surface area contributed by atoms with E-state index >= 15 is 0 Å². The fourth-order valence-corrected chi connectivity index (χ4v) is 11.3. The van der Waals surface area contributed by atoms with E-state index in [9.17, 15) is 13.2 Å². The number of rotatable bonds is 5. The first-order valence-electron chi connectivity index (χ1n) is 20.0. The molecule has 2 aromatic carbocycles. The highest BCUT2D eigenvalue weighted by molar-refractivity contribution is 7.90. The molecule has 1 N–H and O–H groups in total. The molecule has 290 valence electrons. The number of piperazine rings is 1. The quantitative estimate of drug-likeness (QED) is 0.337. The average molecular weight is 767 g/mol. The maximum absolute atomic E-state index is 13.7. The number of aryl methyl sites for hydroxylation is 1. The lowest BCUT2D eigenvalue weighted by molar-refractivity contribution is -0.113. The number of amides is 1. The van der Waals surface area contributed by atoms with Gasteiger partial charge in [0.2, 0.25) is 10.0 Å². The molecule has 2 fully saturated rings. The number of ether oxygens (including phenoxy) is 2. The van der Waals surface area contributed by atoms with Crippen LogP contribution in [0.1, 0.15) is 88.2 Å². The molecule has 53 heavy (non-hydrogen) atoms. The number of carbonyl (C=O) groups is 1. The van der Waals surface area contributed by atoms with Gasteiger partial charge in [0.1, 0.15) is 11.4 Å². The summed E-state index contributed by atoms with van der Waals surface area (Å²) in [5.74, 6) is 0.525. The summed E-state index contributed by atoms with van der Waals surface area (Å²) in [5, 5.41) is -0.0207. The monoisotopic (exact) mass is 766 g/mol. The van der Waals surface area contributed by atoms with E-state index in [1.165, 1.54) is 11.1 Å². The molecule has 2 aliphatic carbocycles. The lowest BCUT2D eigenvalue weighted by Gasteiger charge is -2.52. The van der Waals surface area contributed by atoms with Gasteiger partial charge in [-0.15, -0.1) is 0 Å². The zero-order valence-electron chi connectivity index (χ0n) is 32.3. The predicted octanol–water partition coefficient (Wildman–Crippen LogP) is 6.68. The van der Waals surface area contributed by atoms with Crippen LogP contribution < -0.4 is 14.4 Å². The third-order valence-electron chi connectivity index (χ3n) is 13.3. The normalized spacial score (nSPS) is 32.9. The van der Waals surface area contributed by atoms with Gasteiger partial charge in [0, 0.05) is 74.5 Å². The van der Waals surface area contributed by atoms with Crippen LogP contribution in [-0.4, -0.2) is 100 Å². The fourth-order valence-electron chi connectivity index (χ4n) is 9.78. The molecule has 0 radical (unpaired) electrons. The smallest absolute Gasteiger partial charge is 0.264 e. The molecule has 3 heterocycles. The van der Waals surface area contributed by atoms with E-state index in [2.05, 4.69) is 64.5 Å². The molecule has 9 nitrogen and oxygen atoms in total. The van der Waals surface area contributed by atoms with Crippen molar-refractivity contribution >= 4 is 33.2 Å². The molecular weight excluding hydrogens is 708 g/mol. The van der Waals surface area contributed by atoms with Crippen molar-refractivity contribution in [1.29, 1.82) is 0 Å². The maximum Gasteiger partial charge on any atom is 0.264 e. The Labute approximate surface area is 322 Å². The van der Waals surface area contributed by atoms with Gasteiger partial charge in [-0.1, -0.05) is 36.7 Å². The van der Waals surface area contributed by atoms with Crippen molar-refractivity contribution in [3.8, 4) is 5.75 Å². The van der Waals surface area contributed by atoms with Crippen LogP contribution in [-0.2, 0) is 26.6 Å². The van der Waals surface area contributed by atoms with Gasteiger partial charge in [0.15, 0.2) is 0 Å². The zero-order valence-corrected chi connectivity index (χ0v) is 33.9. The van der Waals surface area contributed by atoms with E-state index in [4.69, 9.17) is 21.1 Å². The molecular formula is C42H59ClN4O5S. The topological polar surface area (TPSA) is 91.4 Å². The molecule has 0 unspecified atom stereocenters. The van der Waals surface area contributed by atoms with Crippen LogP contribution in [0, 0.1) is 17.8 Å². The summed E-state index contributed by atoms with van der Waals surface area (Å²) in [6, 6.07) is 12.2. The Hall–Kier alpha value is -2.63. The van der Waals surface area contributed by atoms with E-state index in [1.54, 1.807) is 13.0 Å². The molecule has 5 aliphatic rings. The first-order valence-corrected chi connectivity index (χ1v) is 21.9. The predicted molar refractivity (Wildman–Crippen MR) is 213 cm³/mol. The number of carbonyl (C=O) groups excluding carboxylic acids is 1. The number of hydrogen-bond donors (Lipinski definition) is 1. The molecule has 6 atom stereocenters. The standard InChI is InChI=1S/C42H59ClN4O5S/c1-6-52-42(27-45-19-21-46(22-20-45)29(2)3)18-7-9-30(4)31(5)53(49,50)44-40(48)33-12-16-39-38(24-33)47(25-34-11-14-37(34)42)26-41(28-51-39)17-8-10-32-23-35(43)13-15-36(32)41/h7,12-13,15-16,18,23-24,29-31,34,37H,6,8-11,14,17,19-22,25-28H2,1-5H3,(H,44,48)/b18-7-/t30-,31+,34-,37+,41-,42+/m0/s1. The Bertz CT molecular complexity index is 1800. The van der Waals surface area contributed by atoms with Crippen molar-refractivity contribution in [3.05, 3.63) is 70.3 Å². The first-order chi connectivity index (χ1) is 25.3. The molecule has 2 aromatic rings. The molecule has 1 saturated heterocycles. The number of nitrogens with zero attached hydrogens (tertiary/aromatic N) is 3. The summed E-state index contributed by atoms with van der Waals surface area (Å²) in [7, 11) is -3.95. The summed E-state index contributed by atoms with van der Waals surface area (Å²) < 4.78 is 43.4. The highest BCUT2D eigenvalue weighted by Crippen LogP contribution is 2.49. The van der Waals surface area contributed by atoms with Gasteiger partial charge in [-0.2, -0.15) is 0 Å². The van der Waals surface area contributed by atoms with Crippen LogP contribution in [0.5, 0.6) is 5.75 Å². The molecule has 11 heteroatoms. The maximum atomic E-state index is 13.7. The third kappa shape index (κ3) is 7.77. The second-order valence-corrected chi connectivity index (χ2v) is 19.3. The largest absolute Gasteiger partial charge is 0.490 e. The van der Waals surface area contributed by atoms with Gasteiger partial charge in [0.05, 0.1) is 17.5 Å². The van der Waals surface area contributed by atoms with Crippen LogP contribution in [0.3, 0.4) is 0 Å². The number of allylic oxidation sites excluding steroid dienone is 1. The van der Waals surface area contributed by atoms with Crippen molar-refractivity contribution in [2.75, 3.05) is 63.9 Å². The van der Waals surface area contributed by atoms with Crippen LogP contribution in [0.15, 0.2) is 48.6 Å². The highest BCUT2D eigenvalue weighted by Gasteiger charge is 2.50. The van der Waals surface area contributed by atoms with Crippen molar-refractivity contribution < 1.29 is 22.7 Å². The highest BCUT2D eigenvalue weighted by atomic mass is 35.5. The Kier molecular flexibility index (Phi) is 11.3. The van der Waals surface area contributed by atoms with Gasteiger partial charge in [-0.3, -0.25) is 14.6 Å². The van der Waals surface area contributed by atoms with Crippen molar-refractivity contribution in [3.63, 3.8) is 0 Å². The zero-order chi connectivity index (χ0) is 37.5. The molecule has 3 aliphatic heterocycles. The number of fused-ring (bicyclic) bond motifs is 4. The van der Waals surface area contributed by atoms with Crippen LogP contribution in [0.4, 0.5) is 5.69 Å². The molecule has 1 spiro atoms. The van der Waals surface area contributed by atoms with Crippen LogP contribution in [0.25, 0.3) is 0 Å². The van der Waals surface area contributed by atoms with Crippen molar-refractivity contribution in [1.82, 2.24) is 14.5 Å². The molecule has 2 bridgehead atoms. The molecule has 1 amide bonds. The van der Waals surface area contributed by atoms with Gasteiger partial charge < -0.3 is 14.4 Å². The summed E-state index contributed by atoms with van der Waals surface area (Å²) in [4.78, 5) is 21.3. The van der Waals surface area contributed by atoms with Gasteiger partial charge in [-0.05, 0) is 125 Å². The number of halogens is 1. The van der Waals surface area contributed by atoms with E-state index < -0.39 is 26.8 Å². The number of hydrogen-bond acceptors (Lipinski definition) is 8. The molecule has 1 saturated carbocycles. The Morgan fingerprint density at radius 2 is 1.87 bits per heavy atom. The van der Waals surface area contributed by atoms with Crippen LogP contribution in [0.2, 0.25) is 5.02 Å². The minimum absolute atomic E-state index is 0.212. The second kappa shape index (κ2) is 15.5. The summed E-state index contributed by atoms with van der Waals surface area (Å²) >= 11 is 6.51. The molecule has 0 aromatic heterocycles. The van der Waals surface area contributed by atoms with E-state index in [1.807, 2.05) is 25.1 Å². The summed E-state index contributed by atoms with van der Waals surface area (Å²) in [6.45, 7) is 17.8. The number of anilines is 1. The lowest BCUT2D eigenvalue weighted by atomic mass is 9.63. The van der Waals surface area contributed by atoms with Gasteiger partial charge >= 0.3 is 0 Å². The Morgan fingerprint density at radius 3 is 2.58 bits per heavy atom. The third-order valence-corrected chi connectivity index (χ3v) is 15.4. The van der Waals surface area contributed by atoms with E-state index in [0.29, 0.717) is 37.2 Å². The number of sulfonamides is 1. The lowest BCUT2D eigenvalue weighted by Crippen LogP contribution is -2.59. The minimum Gasteiger partial charge on any atom is -0.490 e. The SMILES string of the molecule is CCO[C@@]1(CN2CCN(C(C)C)CC2)/C=C\C[C@H](C)[C@@H](C)S(=O)(=O)NC(=O)c2ccc3c(c2)N(C[C@@H]2CC[C@H]21)C[C@@]1(CCCc2cc(Cl)ccc21)CO3. The molecule has 7 rings (SSSR count). The van der Waals surface area contributed by atoms with Gasteiger partial charge in [-0.25, -0.2) is 13.1 Å². The van der Waals surface area contributed by atoms with Gasteiger partial charge in [0.25, 0.3) is 5.91 Å².